The Morgan fingerprint density at radius 3 is 2.37 bits per heavy atom. The van der Waals surface area contributed by atoms with Crippen LogP contribution in [0.25, 0.3) is 0 Å². The van der Waals surface area contributed by atoms with Gasteiger partial charge in [0.15, 0.2) is 5.58 Å². The molecule has 104 valence electrons. The number of fused-ring (bicyclic) bond motifs is 1. The van der Waals surface area contributed by atoms with E-state index in [1.807, 2.05) is 14.1 Å². The van der Waals surface area contributed by atoms with Crippen LogP contribution in [0.15, 0.2) is 23.2 Å². The van der Waals surface area contributed by atoms with Crippen LogP contribution < -0.4 is 5.30 Å². The van der Waals surface area contributed by atoms with Crippen molar-refractivity contribution in [2.24, 2.45) is 4.99 Å². The minimum Gasteiger partial charge on any atom is -0.361 e. The predicted molar refractivity (Wildman–Crippen MR) is 88.8 cm³/mol. The standard InChI is InChI=1S/C14H22N3PS/c1-6-17(7-2)18(19)13-10-11(3)8-9-12(13)15-14(18)16(4)5/h8-10H,6-7H2,1-5H3. The van der Waals surface area contributed by atoms with Gasteiger partial charge in [-0.2, -0.15) is 0 Å². The van der Waals surface area contributed by atoms with E-state index < -0.39 is 6.19 Å². The Kier molecular flexibility index (Phi) is 4.14. The summed E-state index contributed by atoms with van der Waals surface area (Å²) in [4.78, 5) is 6.90. The summed E-state index contributed by atoms with van der Waals surface area (Å²) in [6, 6.07) is 6.45. The average molecular weight is 295 g/mol. The van der Waals surface area contributed by atoms with Crippen LogP contribution in [0.5, 0.6) is 0 Å². The zero-order valence-corrected chi connectivity index (χ0v) is 14.1. The molecule has 1 aromatic carbocycles. The van der Waals surface area contributed by atoms with Crippen molar-refractivity contribution < 1.29 is 0 Å². The molecule has 19 heavy (non-hydrogen) atoms. The summed E-state index contributed by atoms with van der Waals surface area (Å²) in [6.45, 7) is 8.41. The predicted octanol–water partition coefficient (Wildman–Crippen LogP) is 2.92. The van der Waals surface area contributed by atoms with Crippen LogP contribution in [0.3, 0.4) is 0 Å². The molecule has 1 heterocycles. The summed E-state index contributed by atoms with van der Waals surface area (Å²) in [5.74, 6) is 0. The molecule has 0 fully saturated rings. The van der Waals surface area contributed by atoms with Crippen LogP contribution >= 0.6 is 6.19 Å². The lowest BCUT2D eigenvalue weighted by Crippen LogP contribution is -2.33. The van der Waals surface area contributed by atoms with Gasteiger partial charge in [-0.25, -0.2) is 4.99 Å². The third-order valence-electron chi connectivity index (χ3n) is 3.48. The fourth-order valence-electron chi connectivity index (χ4n) is 2.53. The molecule has 0 aliphatic carbocycles. The number of aryl methyl sites for hydroxylation is 1. The van der Waals surface area contributed by atoms with E-state index in [2.05, 4.69) is 48.5 Å². The fraction of sp³-hybridized carbons (Fsp3) is 0.500. The fourth-order valence-corrected chi connectivity index (χ4v) is 7.44. The van der Waals surface area contributed by atoms with E-state index in [1.165, 1.54) is 10.9 Å². The number of amidine groups is 1. The van der Waals surface area contributed by atoms with Crippen LogP contribution in [0.1, 0.15) is 19.4 Å². The second-order valence-electron chi connectivity index (χ2n) is 5.01. The molecule has 1 aromatic rings. The first-order chi connectivity index (χ1) is 8.94. The Balaban J connectivity index is 2.66. The molecule has 2 rings (SSSR count). The van der Waals surface area contributed by atoms with Gasteiger partial charge in [0.2, 0.25) is 0 Å². The van der Waals surface area contributed by atoms with E-state index in [1.54, 1.807) is 0 Å². The Labute approximate surface area is 121 Å². The quantitative estimate of drug-likeness (QED) is 0.799. The molecule has 0 N–H and O–H groups in total. The molecule has 0 radical (unpaired) electrons. The maximum absolute atomic E-state index is 6.16. The van der Waals surface area contributed by atoms with Gasteiger partial charge in [-0.1, -0.05) is 37.3 Å². The van der Waals surface area contributed by atoms with Crippen molar-refractivity contribution in [2.45, 2.75) is 20.8 Å². The highest BCUT2D eigenvalue weighted by atomic mass is 32.4. The van der Waals surface area contributed by atoms with Crippen molar-refractivity contribution in [3.05, 3.63) is 23.8 Å². The van der Waals surface area contributed by atoms with Gasteiger partial charge < -0.3 is 4.90 Å². The molecule has 3 nitrogen and oxygen atoms in total. The van der Waals surface area contributed by atoms with Gasteiger partial charge in [-0.3, -0.25) is 4.67 Å². The summed E-state index contributed by atoms with van der Waals surface area (Å²) in [5, 5.41) is 1.26. The topological polar surface area (TPSA) is 18.8 Å². The maximum Gasteiger partial charge on any atom is 0.156 e. The first kappa shape index (κ1) is 14.7. The molecule has 0 bridgehead atoms. The summed E-state index contributed by atoms with van der Waals surface area (Å²) in [5.41, 5.74) is 3.38. The smallest absolute Gasteiger partial charge is 0.156 e. The lowest BCUT2D eigenvalue weighted by molar-refractivity contribution is 0.510. The number of rotatable bonds is 3. The van der Waals surface area contributed by atoms with Gasteiger partial charge in [0.05, 0.1) is 5.69 Å². The zero-order chi connectivity index (χ0) is 14.2. The second kappa shape index (κ2) is 5.35. The van der Waals surface area contributed by atoms with Crippen LogP contribution in [0.4, 0.5) is 5.69 Å². The maximum atomic E-state index is 6.16. The van der Waals surface area contributed by atoms with Crippen LogP contribution in [-0.4, -0.2) is 42.3 Å². The highest BCUT2D eigenvalue weighted by molar-refractivity contribution is 8.25. The average Bonchev–Trinajstić information content (AvgIpc) is 2.65. The molecule has 1 atom stereocenters. The van der Waals surface area contributed by atoms with E-state index in [0.717, 1.165) is 24.4 Å². The van der Waals surface area contributed by atoms with Crippen molar-refractivity contribution in [1.29, 1.82) is 0 Å². The molecule has 1 unspecified atom stereocenters. The Bertz CT molecular complexity index is 562. The number of hydrogen-bond acceptors (Lipinski definition) is 3. The highest BCUT2D eigenvalue weighted by Gasteiger charge is 2.39. The highest BCUT2D eigenvalue weighted by Crippen LogP contribution is 2.57. The van der Waals surface area contributed by atoms with Crippen molar-refractivity contribution in [3.63, 3.8) is 0 Å². The van der Waals surface area contributed by atoms with E-state index in [0.29, 0.717) is 0 Å². The first-order valence-electron chi connectivity index (χ1n) is 6.68. The summed E-state index contributed by atoms with van der Waals surface area (Å²) < 4.78 is 2.41. The minimum absolute atomic E-state index is 0.966. The summed E-state index contributed by atoms with van der Waals surface area (Å²) >= 11 is 6.16. The molecule has 1 aliphatic rings. The van der Waals surface area contributed by atoms with E-state index in [9.17, 15) is 0 Å². The largest absolute Gasteiger partial charge is 0.361 e. The molecule has 5 heteroatoms. The summed E-state index contributed by atoms with van der Waals surface area (Å²) in [7, 11) is 4.09. The Morgan fingerprint density at radius 1 is 1.21 bits per heavy atom. The number of hydrogen-bond donors (Lipinski definition) is 0. The monoisotopic (exact) mass is 295 g/mol. The number of benzene rings is 1. The molecular formula is C14H22N3PS. The van der Waals surface area contributed by atoms with Crippen molar-refractivity contribution >= 4 is 34.6 Å². The van der Waals surface area contributed by atoms with Gasteiger partial charge in [0, 0.05) is 32.5 Å². The van der Waals surface area contributed by atoms with Crippen molar-refractivity contribution in [2.75, 3.05) is 27.2 Å². The van der Waals surface area contributed by atoms with E-state index in [4.69, 9.17) is 16.8 Å². The van der Waals surface area contributed by atoms with Crippen LogP contribution in [0, 0.1) is 6.92 Å². The third kappa shape index (κ3) is 2.26. The van der Waals surface area contributed by atoms with Crippen molar-refractivity contribution in [1.82, 2.24) is 9.57 Å². The Morgan fingerprint density at radius 2 is 1.84 bits per heavy atom. The van der Waals surface area contributed by atoms with Gasteiger partial charge in [-0.15, -0.1) is 0 Å². The molecular weight excluding hydrogens is 273 g/mol. The summed E-state index contributed by atoms with van der Waals surface area (Å²) in [6.07, 6.45) is -1.92. The van der Waals surface area contributed by atoms with E-state index >= 15 is 0 Å². The van der Waals surface area contributed by atoms with Gasteiger partial charge in [-0.05, 0) is 19.1 Å². The molecule has 0 saturated carbocycles. The number of nitrogens with zero attached hydrogens (tertiary/aromatic N) is 3. The SMILES string of the molecule is CCN(CC)P1(=S)C(N(C)C)=Nc2ccc(C)cc21. The van der Waals surface area contributed by atoms with Crippen LogP contribution in [-0.2, 0) is 11.8 Å². The van der Waals surface area contributed by atoms with Crippen molar-refractivity contribution in [3.8, 4) is 0 Å². The van der Waals surface area contributed by atoms with Gasteiger partial charge in [0.1, 0.15) is 6.19 Å². The zero-order valence-electron chi connectivity index (χ0n) is 12.3. The normalized spacial score (nSPS) is 21.5. The van der Waals surface area contributed by atoms with Crippen LogP contribution in [0.2, 0.25) is 0 Å². The van der Waals surface area contributed by atoms with Gasteiger partial charge in [0.25, 0.3) is 0 Å². The first-order valence-corrected chi connectivity index (χ1v) is 9.43. The molecule has 0 amide bonds. The number of aliphatic imine (C=N–C) groups is 1. The Hall–Kier alpha value is -0.700. The van der Waals surface area contributed by atoms with Gasteiger partial charge >= 0.3 is 0 Å². The lowest BCUT2D eigenvalue weighted by Gasteiger charge is -2.34. The molecule has 0 aromatic heterocycles. The lowest BCUT2D eigenvalue weighted by atomic mass is 10.2. The second-order valence-corrected chi connectivity index (χ2v) is 9.20. The molecule has 0 saturated heterocycles. The van der Waals surface area contributed by atoms with E-state index in [-0.39, 0.29) is 0 Å². The third-order valence-corrected chi connectivity index (χ3v) is 8.67. The molecule has 0 spiro atoms. The minimum atomic E-state index is -1.92. The molecule has 1 aliphatic heterocycles.